The van der Waals surface area contributed by atoms with Gasteiger partial charge in [-0.1, -0.05) is 40.2 Å². The minimum Gasteiger partial charge on any atom is -0.494 e. The fourth-order valence-electron chi connectivity index (χ4n) is 4.68. The minimum absolute atomic E-state index is 0.0133. The van der Waals surface area contributed by atoms with Crippen molar-refractivity contribution >= 4 is 39.4 Å². The molecular formula is C32H33BrN8O8. The number of non-ortho nitro benzene ring substituents is 2. The number of benzene rings is 2. The molecule has 0 spiro atoms. The first-order chi connectivity index (χ1) is 23.6. The topological polar surface area (TPSA) is 204 Å². The molecule has 0 unspecified atom stereocenters. The van der Waals surface area contributed by atoms with E-state index in [0.717, 1.165) is 18.8 Å². The predicted octanol–water partition coefficient (Wildman–Crippen LogP) is 5.05. The van der Waals surface area contributed by atoms with Crippen LogP contribution in [0.4, 0.5) is 21.0 Å². The summed E-state index contributed by atoms with van der Waals surface area (Å²) in [5, 5.41) is 30.3. The number of aromatic nitrogens is 2. The Labute approximate surface area is 289 Å². The van der Waals surface area contributed by atoms with Crippen LogP contribution in [0.15, 0.2) is 72.8 Å². The van der Waals surface area contributed by atoms with Gasteiger partial charge < -0.3 is 30.3 Å². The van der Waals surface area contributed by atoms with Crippen molar-refractivity contribution in [1.82, 2.24) is 30.8 Å². The van der Waals surface area contributed by atoms with Crippen LogP contribution in [-0.4, -0.2) is 77.2 Å². The van der Waals surface area contributed by atoms with Gasteiger partial charge in [-0.05, 0) is 24.3 Å². The van der Waals surface area contributed by atoms with E-state index in [9.17, 15) is 29.8 Å². The first-order valence-corrected chi connectivity index (χ1v) is 15.9. The second-order valence-corrected chi connectivity index (χ2v) is 10.9. The maximum Gasteiger partial charge on any atom is 0.317 e. The molecule has 0 radical (unpaired) electrons. The van der Waals surface area contributed by atoms with Crippen LogP contribution in [0.1, 0.15) is 11.4 Å². The van der Waals surface area contributed by atoms with E-state index in [0.29, 0.717) is 64.7 Å². The number of carbonyl (C=O) groups excluding carboxylic acids is 2. The van der Waals surface area contributed by atoms with Gasteiger partial charge in [-0.15, -0.1) is 0 Å². The number of carbonyl (C=O) groups is 2. The SMILES string of the molecule is COc1ccc(CBr)nc1-c1cccc([N+](=O)[O-])c1.COc1ccc(CN2CCNC2=O)nc1-c1cccc([N+](=O)[O-])c1.O=C1NCCN1. The van der Waals surface area contributed by atoms with Crippen LogP contribution in [0.2, 0.25) is 0 Å². The molecule has 0 atom stereocenters. The second-order valence-electron chi connectivity index (χ2n) is 10.3. The quantitative estimate of drug-likeness (QED) is 0.118. The number of urea groups is 2. The number of methoxy groups -OCH3 is 2. The van der Waals surface area contributed by atoms with Crippen molar-refractivity contribution in [2.75, 3.05) is 40.4 Å². The Morgan fingerprint density at radius 3 is 1.67 bits per heavy atom. The zero-order valence-corrected chi connectivity index (χ0v) is 28.1. The number of amides is 4. The van der Waals surface area contributed by atoms with E-state index in [2.05, 4.69) is 41.8 Å². The lowest BCUT2D eigenvalue weighted by atomic mass is 10.1. The monoisotopic (exact) mass is 736 g/mol. The summed E-state index contributed by atoms with van der Waals surface area (Å²) in [4.78, 5) is 53.2. The molecule has 4 heterocycles. The van der Waals surface area contributed by atoms with Crippen molar-refractivity contribution in [3.8, 4) is 34.0 Å². The molecule has 17 heteroatoms. The van der Waals surface area contributed by atoms with Gasteiger partial charge in [0.2, 0.25) is 0 Å². The van der Waals surface area contributed by atoms with Gasteiger partial charge in [-0.2, -0.15) is 0 Å². The van der Waals surface area contributed by atoms with Gasteiger partial charge in [0.25, 0.3) is 11.4 Å². The summed E-state index contributed by atoms with van der Waals surface area (Å²) in [6, 6.07) is 19.6. The molecule has 16 nitrogen and oxygen atoms in total. The lowest BCUT2D eigenvalue weighted by Crippen LogP contribution is -2.27. The Morgan fingerprint density at radius 2 is 1.27 bits per heavy atom. The fraction of sp³-hybridized carbons (Fsp3) is 0.250. The molecule has 2 aromatic heterocycles. The van der Waals surface area contributed by atoms with Crippen LogP contribution in [0.5, 0.6) is 11.5 Å². The molecule has 256 valence electrons. The number of ether oxygens (including phenoxy) is 2. The molecule has 2 fully saturated rings. The van der Waals surface area contributed by atoms with Crippen LogP contribution >= 0.6 is 15.9 Å². The lowest BCUT2D eigenvalue weighted by Gasteiger charge is -2.15. The summed E-state index contributed by atoms with van der Waals surface area (Å²) in [5.74, 6) is 1.11. The number of nitrogens with one attached hydrogen (secondary N) is 3. The van der Waals surface area contributed by atoms with E-state index in [-0.39, 0.29) is 23.4 Å². The third-order valence-electron chi connectivity index (χ3n) is 7.06. The van der Waals surface area contributed by atoms with Crippen LogP contribution in [0, 0.1) is 20.2 Å². The highest BCUT2D eigenvalue weighted by molar-refractivity contribution is 9.08. The Bertz CT molecular complexity index is 1820. The van der Waals surface area contributed by atoms with E-state index in [1.165, 1.54) is 31.4 Å². The summed E-state index contributed by atoms with van der Waals surface area (Å²) >= 11 is 3.34. The van der Waals surface area contributed by atoms with Gasteiger partial charge >= 0.3 is 12.1 Å². The van der Waals surface area contributed by atoms with Gasteiger partial charge in [0.15, 0.2) is 0 Å². The van der Waals surface area contributed by atoms with Crippen molar-refractivity contribution < 1.29 is 28.9 Å². The molecular weight excluding hydrogens is 704 g/mol. The van der Waals surface area contributed by atoms with E-state index in [1.54, 1.807) is 54.5 Å². The zero-order valence-electron chi connectivity index (χ0n) is 26.6. The smallest absolute Gasteiger partial charge is 0.317 e. The Balaban J connectivity index is 0.000000192. The van der Waals surface area contributed by atoms with Crippen LogP contribution in [0.25, 0.3) is 22.5 Å². The number of nitro benzene ring substituents is 2. The predicted molar refractivity (Wildman–Crippen MR) is 184 cm³/mol. The third-order valence-corrected chi connectivity index (χ3v) is 7.64. The summed E-state index contributed by atoms with van der Waals surface area (Å²) in [6.07, 6.45) is 0. The third kappa shape index (κ3) is 9.83. The summed E-state index contributed by atoms with van der Waals surface area (Å²) < 4.78 is 10.6. The number of rotatable bonds is 9. The number of halogens is 1. The fourth-order valence-corrected chi connectivity index (χ4v) is 5.00. The number of hydrogen-bond acceptors (Lipinski definition) is 10. The van der Waals surface area contributed by atoms with Gasteiger partial charge in [0.05, 0.1) is 42.0 Å². The Hall–Kier alpha value is -5.84. The van der Waals surface area contributed by atoms with Gasteiger partial charge in [-0.3, -0.25) is 20.2 Å². The number of alkyl halides is 1. The molecule has 4 aromatic rings. The highest BCUT2D eigenvalue weighted by atomic mass is 79.9. The summed E-state index contributed by atoms with van der Waals surface area (Å²) in [5.41, 5.74) is 3.91. The lowest BCUT2D eigenvalue weighted by molar-refractivity contribution is -0.385. The van der Waals surface area contributed by atoms with E-state index >= 15 is 0 Å². The number of pyridine rings is 2. The molecule has 6 rings (SSSR count). The van der Waals surface area contributed by atoms with Gasteiger partial charge in [-0.25, -0.2) is 19.6 Å². The average Bonchev–Trinajstić information content (AvgIpc) is 3.78. The normalized spacial score (nSPS) is 13.1. The molecule has 0 bridgehead atoms. The van der Waals surface area contributed by atoms with Crippen molar-refractivity contribution in [2.24, 2.45) is 0 Å². The largest absolute Gasteiger partial charge is 0.494 e. The average molecular weight is 738 g/mol. The maximum atomic E-state index is 11.7. The van der Waals surface area contributed by atoms with E-state index in [1.807, 2.05) is 6.07 Å². The van der Waals surface area contributed by atoms with Crippen LogP contribution < -0.4 is 25.4 Å². The van der Waals surface area contributed by atoms with Gasteiger partial charge in [0, 0.05) is 66.9 Å². The Kier molecular flexibility index (Phi) is 12.7. The highest BCUT2D eigenvalue weighted by Crippen LogP contribution is 2.32. The molecule has 0 aliphatic carbocycles. The molecule has 2 saturated heterocycles. The van der Waals surface area contributed by atoms with Crippen molar-refractivity contribution in [3.05, 3.63) is 104 Å². The second kappa shape index (κ2) is 17.4. The van der Waals surface area contributed by atoms with Crippen LogP contribution in [0.3, 0.4) is 0 Å². The zero-order chi connectivity index (χ0) is 35.3. The number of hydrogen-bond donors (Lipinski definition) is 3. The summed E-state index contributed by atoms with van der Waals surface area (Å²) in [7, 11) is 3.07. The molecule has 2 aromatic carbocycles. The van der Waals surface area contributed by atoms with Crippen LogP contribution in [-0.2, 0) is 11.9 Å². The molecule has 2 aliphatic heterocycles. The molecule has 2 aliphatic rings. The minimum atomic E-state index is -0.450. The standard InChI is InChI=1S/C16H16N4O4.C13H11BrN2O3.C3H6N2O/c1-24-14-6-5-12(10-19-8-7-17-16(19)21)18-15(14)11-3-2-4-13(9-11)20(22)23;1-19-12-6-5-10(8-14)15-13(12)9-3-2-4-11(7-9)16(17)18;6-3-4-1-2-5-3/h2-6,9H,7-8,10H2,1H3,(H,17,21);2-7H,8H2,1H3;1-2H2,(H2,4,5,6). The molecule has 4 amide bonds. The molecule has 49 heavy (non-hydrogen) atoms. The first-order valence-electron chi connectivity index (χ1n) is 14.8. The van der Waals surface area contributed by atoms with Crippen molar-refractivity contribution in [2.45, 2.75) is 11.9 Å². The summed E-state index contributed by atoms with van der Waals surface area (Å²) in [6.45, 7) is 3.17. The number of nitrogens with zero attached hydrogens (tertiary/aromatic N) is 5. The maximum absolute atomic E-state index is 11.7. The molecule has 3 N–H and O–H groups in total. The highest BCUT2D eigenvalue weighted by Gasteiger charge is 2.21. The Morgan fingerprint density at radius 1 is 0.755 bits per heavy atom. The van der Waals surface area contributed by atoms with Gasteiger partial charge in [0.1, 0.15) is 22.9 Å². The van der Waals surface area contributed by atoms with E-state index in [4.69, 9.17) is 9.47 Å². The first kappa shape index (κ1) is 36.0. The molecule has 0 saturated carbocycles. The number of nitro groups is 2. The van der Waals surface area contributed by atoms with Crippen molar-refractivity contribution in [1.29, 1.82) is 0 Å². The van der Waals surface area contributed by atoms with E-state index < -0.39 is 9.85 Å². The van der Waals surface area contributed by atoms with Crippen molar-refractivity contribution in [3.63, 3.8) is 0 Å².